The summed E-state index contributed by atoms with van der Waals surface area (Å²) < 4.78 is 6.86. The lowest BCUT2D eigenvalue weighted by molar-refractivity contribution is 0.414. The molecular weight excluding hydrogens is 216 g/mol. The van der Waals surface area contributed by atoms with E-state index in [4.69, 9.17) is 16.2 Å². The minimum absolute atomic E-state index is 0.563. The second-order valence-electron chi connectivity index (χ2n) is 3.71. The molecule has 5 nitrogen and oxygen atoms in total. The van der Waals surface area contributed by atoms with Crippen LogP contribution in [0.1, 0.15) is 5.56 Å². The fourth-order valence-electron chi connectivity index (χ4n) is 1.69. The number of nitrogens with zero attached hydrogens (tertiary/aromatic N) is 2. The summed E-state index contributed by atoms with van der Waals surface area (Å²) in [6.45, 7) is 0.563. The Morgan fingerprint density at radius 1 is 1.41 bits per heavy atom. The van der Waals surface area contributed by atoms with Crippen LogP contribution in [-0.4, -0.2) is 23.4 Å². The summed E-state index contributed by atoms with van der Waals surface area (Å²) in [7, 11) is 1.63. The van der Waals surface area contributed by atoms with E-state index >= 15 is 0 Å². The smallest absolute Gasteiger partial charge is 0.130 e. The number of aromatic nitrogens is 2. The zero-order valence-electron chi connectivity index (χ0n) is 9.76. The summed E-state index contributed by atoms with van der Waals surface area (Å²) in [5.41, 5.74) is 13.4. The summed E-state index contributed by atoms with van der Waals surface area (Å²) in [5, 5.41) is 4.26. The molecule has 1 heterocycles. The number of benzene rings is 1. The molecule has 0 saturated heterocycles. The van der Waals surface area contributed by atoms with Gasteiger partial charge in [-0.05, 0) is 25.1 Å². The van der Waals surface area contributed by atoms with Crippen molar-refractivity contribution in [2.75, 3.05) is 19.4 Å². The molecule has 2 rings (SSSR count). The topological polar surface area (TPSA) is 79.1 Å². The van der Waals surface area contributed by atoms with Crippen molar-refractivity contribution in [3.8, 4) is 11.4 Å². The lowest BCUT2D eigenvalue weighted by Crippen LogP contribution is -2.06. The summed E-state index contributed by atoms with van der Waals surface area (Å²) >= 11 is 0. The fourth-order valence-corrected chi connectivity index (χ4v) is 1.69. The Labute approximate surface area is 100.0 Å². The van der Waals surface area contributed by atoms with E-state index < -0.39 is 0 Å². The van der Waals surface area contributed by atoms with Gasteiger partial charge in [0.2, 0.25) is 0 Å². The molecule has 0 radical (unpaired) electrons. The molecule has 0 unspecified atom stereocenters. The Balaban J connectivity index is 2.38. The number of nitrogens with two attached hydrogens (primary N) is 2. The molecule has 0 bridgehead atoms. The summed E-state index contributed by atoms with van der Waals surface area (Å²) in [4.78, 5) is 0. The molecular formula is C12H16N4O. The highest BCUT2D eigenvalue weighted by molar-refractivity contribution is 5.49. The first-order valence-electron chi connectivity index (χ1n) is 5.43. The van der Waals surface area contributed by atoms with E-state index in [0.29, 0.717) is 12.4 Å². The van der Waals surface area contributed by atoms with Crippen molar-refractivity contribution in [3.63, 3.8) is 0 Å². The number of ether oxygens (including phenoxy) is 1. The van der Waals surface area contributed by atoms with Crippen molar-refractivity contribution < 1.29 is 4.74 Å². The Bertz CT molecular complexity index is 507. The van der Waals surface area contributed by atoms with Gasteiger partial charge in [-0.2, -0.15) is 5.10 Å². The SMILES string of the molecule is COc1cccc(-n2ncc(CCN)c2N)c1. The molecule has 0 saturated carbocycles. The number of nitrogen functional groups attached to an aromatic ring is 1. The van der Waals surface area contributed by atoms with Crippen LogP contribution in [0.3, 0.4) is 0 Å². The van der Waals surface area contributed by atoms with Crippen molar-refractivity contribution in [2.45, 2.75) is 6.42 Å². The van der Waals surface area contributed by atoms with Crippen LogP contribution in [0.2, 0.25) is 0 Å². The van der Waals surface area contributed by atoms with Crippen LogP contribution in [0.15, 0.2) is 30.5 Å². The molecule has 5 heteroatoms. The van der Waals surface area contributed by atoms with Crippen LogP contribution in [-0.2, 0) is 6.42 Å². The number of anilines is 1. The summed E-state index contributed by atoms with van der Waals surface area (Å²) in [5.74, 6) is 1.40. The van der Waals surface area contributed by atoms with Crippen LogP contribution in [0.4, 0.5) is 5.82 Å². The molecule has 17 heavy (non-hydrogen) atoms. The third-order valence-corrected chi connectivity index (χ3v) is 2.60. The molecule has 4 N–H and O–H groups in total. The van der Waals surface area contributed by atoms with Gasteiger partial charge in [-0.25, -0.2) is 4.68 Å². The number of methoxy groups -OCH3 is 1. The van der Waals surface area contributed by atoms with Crippen molar-refractivity contribution in [1.82, 2.24) is 9.78 Å². The van der Waals surface area contributed by atoms with E-state index in [1.54, 1.807) is 18.0 Å². The zero-order chi connectivity index (χ0) is 12.3. The molecule has 1 aromatic heterocycles. The Morgan fingerprint density at radius 2 is 2.24 bits per heavy atom. The molecule has 0 aliphatic heterocycles. The predicted octanol–water partition coefficient (Wildman–Crippen LogP) is 0.964. The second kappa shape index (κ2) is 4.88. The number of rotatable bonds is 4. The zero-order valence-corrected chi connectivity index (χ0v) is 9.76. The first kappa shape index (κ1) is 11.5. The summed E-state index contributed by atoms with van der Waals surface area (Å²) in [6, 6.07) is 7.59. The van der Waals surface area contributed by atoms with Gasteiger partial charge in [-0.1, -0.05) is 6.07 Å². The monoisotopic (exact) mass is 232 g/mol. The standard InChI is InChI=1S/C12H16N4O/c1-17-11-4-2-3-10(7-11)16-12(14)9(5-6-13)8-15-16/h2-4,7-8H,5-6,13-14H2,1H3. The van der Waals surface area contributed by atoms with Crippen LogP contribution in [0.5, 0.6) is 5.75 Å². The van der Waals surface area contributed by atoms with Gasteiger partial charge in [0.15, 0.2) is 0 Å². The molecule has 2 aromatic rings. The van der Waals surface area contributed by atoms with Gasteiger partial charge >= 0.3 is 0 Å². The quantitative estimate of drug-likeness (QED) is 0.823. The summed E-state index contributed by atoms with van der Waals surface area (Å²) in [6.07, 6.45) is 2.48. The van der Waals surface area contributed by atoms with E-state index in [9.17, 15) is 0 Å². The molecule has 0 atom stereocenters. The van der Waals surface area contributed by atoms with Crippen LogP contribution < -0.4 is 16.2 Å². The average Bonchev–Trinajstić information content (AvgIpc) is 2.72. The van der Waals surface area contributed by atoms with Gasteiger partial charge in [0, 0.05) is 11.6 Å². The maximum absolute atomic E-state index is 6.02. The van der Waals surface area contributed by atoms with Gasteiger partial charge in [-0.15, -0.1) is 0 Å². The van der Waals surface area contributed by atoms with E-state index in [-0.39, 0.29) is 0 Å². The highest BCUT2D eigenvalue weighted by Crippen LogP contribution is 2.20. The first-order valence-corrected chi connectivity index (χ1v) is 5.43. The minimum Gasteiger partial charge on any atom is -0.497 e. The van der Waals surface area contributed by atoms with Crippen LogP contribution in [0, 0.1) is 0 Å². The molecule has 0 amide bonds. The predicted molar refractivity (Wildman–Crippen MR) is 67.3 cm³/mol. The van der Waals surface area contributed by atoms with Crippen molar-refractivity contribution in [2.24, 2.45) is 5.73 Å². The Hall–Kier alpha value is -2.01. The third kappa shape index (κ3) is 2.24. The van der Waals surface area contributed by atoms with Crippen molar-refractivity contribution >= 4 is 5.82 Å². The lowest BCUT2D eigenvalue weighted by atomic mass is 10.2. The van der Waals surface area contributed by atoms with E-state index in [1.807, 2.05) is 24.3 Å². The van der Waals surface area contributed by atoms with E-state index in [0.717, 1.165) is 23.4 Å². The maximum atomic E-state index is 6.02. The van der Waals surface area contributed by atoms with Gasteiger partial charge in [0.25, 0.3) is 0 Å². The third-order valence-electron chi connectivity index (χ3n) is 2.60. The van der Waals surface area contributed by atoms with Gasteiger partial charge in [0.05, 0.1) is 19.0 Å². The molecule has 0 aliphatic rings. The Morgan fingerprint density at radius 3 is 2.94 bits per heavy atom. The molecule has 0 aliphatic carbocycles. The van der Waals surface area contributed by atoms with Crippen LogP contribution in [0.25, 0.3) is 5.69 Å². The first-order chi connectivity index (χ1) is 8.26. The number of hydrogen-bond acceptors (Lipinski definition) is 4. The Kier molecular flexibility index (Phi) is 3.30. The maximum Gasteiger partial charge on any atom is 0.130 e. The molecule has 0 spiro atoms. The lowest BCUT2D eigenvalue weighted by Gasteiger charge is -2.06. The highest BCUT2D eigenvalue weighted by atomic mass is 16.5. The normalized spacial score (nSPS) is 10.5. The van der Waals surface area contributed by atoms with Gasteiger partial charge in [0.1, 0.15) is 11.6 Å². The fraction of sp³-hybridized carbons (Fsp3) is 0.250. The van der Waals surface area contributed by atoms with E-state index in [2.05, 4.69) is 5.10 Å². The second-order valence-corrected chi connectivity index (χ2v) is 3.71. The van der Waals surface area contributed by atoms with E-state index in [1.165, 1.54) is 0 Å². The largest absolute Gasteiger partial charge is 0.497 e. The molecule has 1 aromatic carbocycles. The highest BCUT2D eigenvalue weighted by Gasteiger charge is 2.08. The average molecular weight is 232 g/mol. The van der Waals surface area contributed by atoms with Gasteiger partial charge in [-0.3, -0.25) is 0 Å². The van der Waals surface area contributed by atoms with Gasteiger partial charge < -0.3 is 16.2 Å². The van der Waals surface area contributed by atoms with Crippen molar-refractivity contribution in [3.05, 3.63) is 36.0 Å². The minimum atomic E-state index is 0.563. The number of hydrogen-bond donors (Lipinski definition) is 2. The van der Waals surface area contributed by atoms with Crippen LogP contribution >= 0.6 is 0 Å². The molecule has 90 valence electrons. The molecule has 0 fully saturated rings. The van der Waals surface area contributed by atoms with Crippen molar-refractivity contribution in [1.29, 1.82) is 0 Å².